The topological polar surface area (TPSA) is 116 Å². The van der Waals surface area contributed by atoms with Gasteiger partial charge in [0.05, 0.1) is 23.4 Å². The molecule has 0 saturated heterocycles. The van der Waals surface area contributed by atoms with Crippen LogP contribution in [0.25, 0.3) is 0 Å². The molecule has 0 aliphatic rings. The number of benzene rings is 2. The van der Waals surface area contributed by atoms with Gasteiger partial charge in [-0.15, -0.1) is 0 Å². The number of carboxylic acids is 1. The first-order valence-corrected chi connectivity index (χ1v) is 8.70. The van der Waals surface area contributed by atoms with E-state index in [1.807, 2.05) is 36.4 Å². The van der Waals surface area contributed by atoms with Gasteiger partial charge in [0.15, 0.2) is 0 Å². The molecule has 2 N–H and O–H groups in total. The summed E-state index contributed by atoms with van der Waals surface area (Å²) in [5.41, 5.74) is 1.32. The summed E-state index contributed by atoms with van der Waals surface area (Å²) in [6, 6.07) is 16.9. The summed E-state index contributed by atoms with van der Waals surface area (Å²) in [6.45, 7) is 1.68. The predicted molar refractivity (Wildman–Crippen MR) is 108 cm³/mol. The summed E-state index contributed by atoms with van der Waals surface area (Å²) in [5.74, 6) is -1.33. The van der Waals surface area contributed by atoms with Gasteiger partial charge in [-0.1, -0.05) is 30.3 Å². The molecule has 3 rings (SSSR count). The largest absolute Gasteiger partial charge is 0.494 e. The summed E-state index contributed by atoms with van der Waals surface area (Å²) in [5, 5.41) is 29.1. The first-order chi connectivity index (χ1) is 13.9. The molecule has 3 aromatic rings. The quantitative estimate of drug-likeness (QED) is 0.652. The zero-order valence-electron chi connectivity index (χ0n) is 15.5. The Labute approximate surface area is 166 Å². The number of aromatic nitrogens is 1. The molecule has 0 fully saturated rings. The second-order valence-electron chi connectivity index (χ2n) is 6.34. The van der Waals surface area contributed by atoms with Crippen LogP contribution in [0.5, 0.6) is 5.88 Å². The van der Waals surface area contributed by atoms with Crippen molar-refractivity contribution >= 4 is 17.9 Å². The number of aromatic hydroxyl groups is 1. The highest BCUT2D eigenvalue weighted by molar-refractivity contribution is 5.89. The summed E-state index contributed by atoms with van der Waals surface area (Å²) in [7, 11) is 0. The van der Waals surface area contributed by atoms with Crippen LogP contribution in [-0.4, -0.2) is 27.0 Å². The van der Waals surface area contributed by atoms with Gasteiger partial charge in [0, 0.05) is 6.21 Å². The first-order valence-electron chi connectivity index (χ1n) is 8.70. The van der Waals surface area contributed by atoms with Crippen molar-refractivity contribution in [3.8, 4) is 11.9 Å². The van der Waals surface area contributed by atoms with Crippen molar-refractivity contribution < 1.29 is 15.0 Å². The molecule has 1 heterocycles. The third kappa shape index (κ3) is 4.06. The highest BCUT2D eigenvalue weighted by Gasteiger charge is 2.18. The standard InChI is InChI=1S/C22H17N3O4/c1-14-18(11-23)20(26)25(13-15-5-3-2-4-6-15)21(27)19(14)12-24-17-9-7-16(8-10-17)22(28)29/h2-10,12,27H,13H2,1H3,(H,28,29). The van der Waals surface area contributed by atoms with Gasteiger partial charge in [0.25, 0.3) is 5.56 Å². The lowest BCUT2D eigenvalue weighted by molar-refractivity contribution is 0.0697. The van der Waals surface area contributed by atoms with Crippen LogP contribution in [0.4, 0.5) is 5.69 Å². The summed E-state index contributed by atoms with van der Waals surface area (Å²) in [6.07, 6.45) is 1.36. The lowest BCUT2D eigenvalue weighted by atomic mass is 10.1. The normalized spacial score (nSPS) is 10.8. The second-order valence-corrected chi connectivity index (χ2v) is 6.34. The Morgan fingerprint density at radius 2 is 1.83 bits per heavy atom. The van der Waals surface area contributed by atoms with E-state index in [1.165, 1.54) is 30.5 Å². The predicted octanol–water partition coefficient (Wildman–Crippen LogP) is 3.23. The molecule has 0 aliphatic carbocycles. The molecule has 144 valence electrons. The number of carboxylic acid groups (broad SMARTS) is 1. The Hall–Kier alpha value is -4.18. The van der Waals surface area contributed by atoms with E-state index >= 15 is 0 Å². The van der Waals surface area contributed by atoms with E-state index in [9.17, 15) is 20.0 Å². The van der Waals surface area contributed by atoms with Crippen LogP contribution in [0.15, 0.2) is 64.4 Å². The van der Waals surface area contributed by atoms with Gasteiger partial charge < -0.3 is 10.2 Å². The number of aromatic carboxylic acids is 1. The molecule has 0 amide bonds. The van der Waals surface area contributed by atoms with E-state index in [-0.39, 0.29) is 29.1 Å². The Morgan fingerprint density at radius 3 is 2.41 bits per heavy atom. The third-order valence-corrected chi connectivity index (χ3v) is 4.49. The molecule has 7 heteroatoms. The molecule has 0 saturated carbocycles. The number of hydrogen-bond donors (Lipinski definition) is 2. The fraction of sp³-hybridized carbons (Fsp3) is 0.0909. The van der Waals surface area contributed by atoms with Crippen molar-refractivity contribution in [1.82, 2.24) is 4.57 Å². The Morgan fingerprint density at radius 1 is 1.17 bits per heavy atom. The van der Waals surface area contributed by atoms with Crippen LogP contribution in [0.2, 0.25) is 0 Å². The molecule has 0 unspecified atom stereocenters. The fourth-order valence-corrected chi connectivity index (χ4v) is 2.87. The van der Waals surface area contributed by atoms with Crippen molar-refractivity contribution in [3.05, 3.63) is 92.8 Å². The van der Waals surface area contributed by atoms with E-state index in [2.05, 4.69) is 4.99 Å². The molecule has 1 aromatic heterocycles. The van der Waals surface area contributed by atoms with Gasteiger partial charge in [-0.25, -0.2) is 4.79 Å². The lowest BCUT2D eigenvalue weighted by Gasteiger charge is -2.14. The molecule has 0 aliphatic heterocycles. The fourth-order valence-electron chi connectivity index (χ4n) is 2.87. The Balaban J connectivity index is 2.06. The number of nitriles is 1. The van der Waals surface area contributed by atoms with Gasteiger partial charge >= 0.3 is 5.97 Å². The van der Waals surface area contributed by atoms with E-state index < -0.39 is 11.5 Å². The Kier molecular flexibility index (Phi) is 5.56. The van der Waals surface area contributed by atoms with E-state index in [4.69, 9.17) is 5.11 Å². The molecule has 7 nitrogen and oxygen atoms in total. The smallest absolute Gasteiger partial charge is 0.335 e. The molecular formula is C22H17N3O4. The van der Waals surface area contributed by atoms with Crippen LogP contribution < -0.4 is 5.56 Å². The maximum absolute atomic E-state index is 12.7. The van der Waals surface area contributed by atoms with Gasteiger partial charge in [-0.2, -0.15) is 5.26 Å². The van der Waals surface area contributed by atoms with Gasteiger partial charge in [0.1, 0.15) is 11.6 Å². The second kappa shape index (κ2) is 8.23. The maximum Gasteiger partial charge on any atom is 0.335 e. The number of hydrogen-bond acceptors (Lipinski definition) is 5. The van der Waals surface area contributed by atoms with Crippen LogP contribution in [0.1, 0.15) is 32.6 Å². The van der Waals surface area contributed by atoms with Crippen molar-refractivity contribution in [1.29, 1.82) is 5.26 Å². The molecular weight excluding hydrogens is 370 g/mol. The highest BCUT2D eigenvalue weighted by atomic mass is 16.4. The highest BCUT2D eigenvalue weighted by Crippen LogP contribution is 2.22. The number of aliphatic imine (C=N–C) groups is 1. The summed E-state index contributed by atoms with van der Waals surface area (Å²) < 4.78 is 1.13. The van der Waals surface area contributed by atoms with Crippen LogP contribution in [-0.2, 0) is 6.54 Å². The Bertz CT molecular complexity index is 1190. The van der Waals surface area contributed by atoms with Crippen molar-refractivity contribution in [2.45, 2.75) is 13.5 Å². The SMILES string of the molecule is Cc1c(C=Nc2ccc(C(=O)O)cc2)c(O)n(Cc2ccccc2)c(=O)c1C#N. The zero-order valence-corrected chi connectivity index (χ0v) is 15.5. The number of rotatable bonds is 5. The van der Waals surface area contributed by atoms with Crippen LogP contribution >= 0.6 is 0 Å². The maximum atomic E-state index is 12.7. The van der Waals surface area contributed by atoms with Gasteiger partial charge in [0.2, 0.25) is 5.88 Å². The molecule has 0 spiro atoms. The van der Waals surface area contributed by atoms with Gasteiger partial charge in [-0.3, -0.25) is 14.4 Å². The van der Waals surface area contributed by atoms with Crippen molar-refractivity contribution in [3.63, 3.8) is 0 Å². The first kappa shape index (κ1) is 19.6. The minimum atomic E-state index is -1.04. The van der Waals surface area contributed by atoms with E-state index in [1.54, 1.807) is 6.92 Å². The van der Waals surface area contributed by atoms with Crippen molar-refractivity contribution in [2.75, 3.05) is 0 Å². The molecule has 0 radical (unpaired) electrons. The average molecular weight is 387 g/mol. The number of carbonyl (C=O) groups is 1. The van der Waals surface area contributed by atoms with E-state index in [0.717, 1.165) is 10.1 Å². The zero-order chi connectivity index (χ0) is 21.0. The minimum absolute atomic E-state index is 0.0681. The molecule has 2 aromatic carbocycles. The van der Waals surface area contributed by atoms with Crippen molar-refractivity contribution in [2.24, 2.45) is 4.99 Å². The van der Waals surface area contributed by atoms with Gasteiger partial charge in [-0.05, 0) is 42.3 Å². The minimum Gasteiger partial charge on any atom is -0.494 e. The lowest BCUT2D eigenvalue weighted by Crippen LogP contribution is -2.25. The molecule has 29 heavy (non-hydrogen) atoms. The molecule has 0 atom stereocenters. The monoisotopic (exact) mass is 387 g/mol. The van der Waals surface area contributed by atoms with Crippen LogP contribution in [0, 0.1) is 18.3 Å². The number of pyridine rings is 1. The third-order valence-electron chi connectivity index (χ3n) is 4.49. The average Bonchev–Trinajstić information content (AvgIpc) is 2.72. The summed E-state index contributed by atoms with van der Waals surface area (Å²) >= 11 is 0. The van der Waals surface area contributed by atoms with Crippen LogP contribution in [0.3, 0.4) is 0 Å². The summed E-state index contributed by atoms with van der Waals surface area (Å²) in [4.78, 5) is 27.8. The van der Waals surface area contributed by atoms with E-state index in [0.29, 0.717) is 11.3 Å². The molecule has 0 bridgehead atoms. The number of nitrogens with zero attached hydrogens (tertiary/aromatic N) is 3.